The number of nitrogens with zero attached hydrogens (tertiary/aromatic N) is 1. The maximum Gasteiger partial charge on any atom is 0.340 e. The predicted molar refractivity (Wildman–Crippen MR) is 83.5 cm³/mol. The molecule has 0 bridgehead atoms. The van der Waals surface area contributed by atoms with Crippen LogP contribution in [0.2, 0.25) is 0 Å². The summed E-state index contributed by atoms with van der Waals surface area (Å²) >= 11 is 1.51. The Labute approximate surface area is 128 Å². The van der Waals surface area contributed by atoms with Crippen LogP contribution in [-0.2, 0) is 14.3 Å². The van der Waals surface area contributed by atoms with Gasteiger partial charge in [0.2, 0.25) is 0 Å². The van der Waals surface area contributed by atoms with E-state index in [9.17, 15) is 9.59 Å². The van der Waals surface area contributed by atoms with Gasteiger partial charge in [-0.25, -0.2) is 4.79 Å². The van der Waals surface area contributed by atoms with Crippen molar-refractivity contribution in [1.29, 1.82) is 0 Å². The van der Waals surface area contributed by atoms with E-state index in [1.165, 1.54) is 11.3 Å². The fourth-order valence-corrected chi connectivity index (χ4v) is 2.85. The summed E-state index contributed by atoms with van der Waals surface area (Å²) in [6.07, 6.45) is 3.38. The van der Waals surface area contributed by atoms with E-state index in [4.69, 9.17) is 4.74 Å². The number of amides is 1. The summed E-state index contributed by atoms with van der Waals surface area (Å²) in [4.78, 5) is 27.1. The third-order valence-corrected chi connectivity index (χ3v) is 3.95. The number of hydrogen-bond acceptors (Lipinski definition) is 4. The average Bonchev–Trinajstić information content (AvgIpc) is 3.03. The standard InChI is InChI=1S/C16H17NO3S/c1-4-8-17-11(3)14(16(19)20-5-2)13(15(17)18)10-12-7-6-9-21-12/h4,6-7,9-10H,1,5,8H2,2-3H3/b13-10+. The molecule has 5 heteroatoms. The molecule has 0 atom stereocenters. The molecule has 2 heterocycles. The molecule has 4 nitrogen and oxygen atoms in total. The van der Waals surface area contributed by atoms with Gasteiger partial charge in [-0.15, -0.1) is 17.9 Å². The molecule has 1 aliphatic heterocycles. The second-order valence-corrected chi connectivity index (χ2v) is 5.44. The molecular formula is C16H17NO3S. The topological polar surface area (TPSA) is 46.6 Å². The number of rotatable bonds is 5. The zero-order valence-corrected chi connectivity index (χ0v) is 12.9. The Morgan fingerprint density at radius 1 is 1.52 bits per heavy atom. The molecule has 1 aliphatic rings. The lowest BCUT2D eigenvalue weighted by Crippen LogP contribution is -2.24. The van der Waals surface area contributed by atoms with Crippen molar-refractivity contribution in [2.75, 3.05) is 13.2 Å². The van der Waals surface area contributed by atoms with Crippen molar-refractivity contribution in [1.82, 2.24) is 4.90 Å². The highest BCUT2D eigenvalue weighted by molar-refractivity contribution is 7.10. The summed E-state index contributed by atoms with van der Waals surface area (Å²) in [6, 6.07) is 3.80. The van der Waals surface area contributed by atoms with Crippen LogP contribution in [0, 0.1) is 0 Å². The third kappa shape index (κ3) is 2.97. The minimum Gasteiger partial charge on any atom is -0.462 e. The summed E-state index contributed by atoms with van der Waals surface area (Å²) < 4.78 is 5.08. The van der Waals surface area contributed by atoms with Crippen molar-refractivity contribution in [3.63, 3.8) is 0 Å². The van der Waals surface area contributed by atoms with Gasteiger partial charge in [0.05, 0.1) is 17.8 Å². The number of thiophene rings is 1. The summed E-state index contributed by atoms with van der Waals surface area (Å²) in [7, 11) is 0. The van der Waals surface area contributed by atoms with Gasteiger partial charge in [-0.05, 0) is 31.4 Å². The smallest absolute Gasteiger partial charge is 0.340 e. The second-order valence-electron chi connectivity index (χ2n) is 4.46. The van der Waals surface area contributed by atoms with Crippen LogP contribution in [0.3, 0.4) is 0 Å². The Balaban J connectivity index is 2.48. The number of hydrogen-bond donors (Lipinski definition) is 0. The first-order chi connectivity index (χ1) is 10.1. The van der Waals surface area contributed by atoms with Gasteiger partial charge in [0.1, 0.15) is 0 Å². The van der Waals surface area contributed by atoms with E-state index in [2.05, 4.69) is 6.58 Å². The number of esters is 1. The Morgan fingerprint density at radius 3 is 2.86 bits per heavy atom. The van der Waals surface area contributed by atoms with Gasteiger partial charge < -0.3 is 9.64 Å². The van der Waals surface area contributed by atoms with Crippen molar-refractivity contribution in [3.05, 3.63) is 51.9 Å². The number of ether oxygens (including phenoxy) is 1. The lowest BCUT2D eigenvalue weighted by Gasteiger charge is -2.14. The van der Waals surface area contributed by atoms with Crippen molar-refractivity contribution < 1.29 is 14.3 Å². The summed E-state index contributed by atoms with van der Waals surface area (Å²) in [5.74, 6) is -0.651. The van der Waals surface area contributed by atoms with Gasteiger partial charge in [-0.1, -0.05) is 12.1 Å². The van der Waals surface area contributed by atoms with Crippen molar-refractivity contribution in [2.24, 2.45) is 0 Å². The van der Waals surface area contributed by atoms with E-state index in [0.29, 0.717) is 23.4 Å². The van der Waals surface area contributed by atoms with Gasteiger partial charge in [-0.2, -0.15) is 0 Å². The maximum atomic E-state index is 12.5. The van der Waals surface area contributed by atoms with Crippen LogP contribution in [0.5, 0.6) is 0 Å². The van der Waals surface area contributed by atoms with Gasteiger partial charge in [0.25, 0.3) is 5.91 Å². The molecule has 0 aromatic carbocycles. The van der Waals surface area contributed by atoms with Crippen molar-refractivity contribution >= 4 is 29.3 Å². The van der Waals surface area contributed by atoms with Gasteiger partial charge in [0.15, 0.2) is 0 Å². The van der Waals surface area contributed by atoms with Crippen molar-refractivity contribution in [3.8, 4) is 0 Å². The highest BCUT2D eigenvalue weighted by atomic mass is 32.1. The molecule has 0 saturated heterocycles. The van der Waals surface area contributed by atoms with Crippen molar-refractivity contribution in [2.45, 2.75) is 13.8 Å². The predicted octanol–water partition coefficient (Wildman–Crippen LogP) is 3.00. The molecular weight excluding hydrogens is 286 g/mol. The Kier molecular flexibility index (Phi) is 4.75. The first-order valence-electron chi connectivity index (χ1n) is 6.66. The molecule has 0 aliphatic carbocycles. The Morgan fingerprint density at radius 2 is 2.29 bits per heavy atom. The van der Waals surface area contributed by atoms with E-state index >= 15 is 0 Å². The SMILES string of the molecule is C=CCN1C(=O)/C(=C/c2cccs2)C(C(=O)OCC)=C1C. The Bertz CT molecular complexity index is 626. The van der Waals surface area contributed by atoms with Crippen LogP contribution in [0.4, 0.5) is 0 Å². The fraction of sp³-hybridized carbons (Fsp3) is 0.250. The average molecular weight is 303 g/mol. The molecule has 0 spiro atoms. The van der Waals surface area contributed by atoms with Crippen LogP contribution in [0.1, 0.15) is 18.7 Å². The maximum absolute atomic E-state index is 12.5. The lowest BCUT2D eigenvalue weighted by molar-refractivity contribution is -0.138. The quantitative estimate of drug-likeness (QED) is 0.477. The molecule has 1 amide bonds. The van der Waals surface area contributed by atoms with Crippen LogP contribution < -0.4 is 0 Å². The van der Waals surface area contributed by atoms with E-state index in [1.807, 2.05) is 17.5 Å². The molecule has 0 N–H and O–H groups in total. The minimum atomic E-state index is -0.460. The third-order valence-electron chi connectivity index (χ3n) is 3.13. The molecule has 21 heavy (non-hydrogen) atoms. The van der Waals surface area contributed by atoms with E-state index in [0.717, 1.165) is 4.88 Å². The van der Waals surface area contributed by atoms with Crippen LogP contribution >= 0.6 is 11.3 Å². The lowest BCUT2D eigenvalue weighted by atomic mass is 10.1. The summed E-state index contributed by atoms with van der Waals surface area (Å²) in [6.45, 7) is 7.79. The number of carbonyl (C=O) groups excluding carboxylic acids is 2. The van der Waals surface area contributed by atoms with Crippen LogP contribution in [0.25, 0.3) is 6.08 Å². The molecule has 1 aromatic heterocycles. The van der Waals surface area contributed by atoms with E-state index in [1.54, 1.807) is 30.9 Å². The molecule has 110 valence electrons. The zero-order chi connectivity index (χ0) is 15.4. The number of carbonyl (C=O) groups is 2. The normalized spacial score (nSPS) is 16.8. The second kappa shape index (κ2) is 6.54. The monoisotopic (exact) mass is 303 g/mol. The largest absolute Gasteiger partial charge is 0.462 e. The molecule has 0 fully saturated rings. The van der Waals surface area contributed by atoms with Crippen LogP contribution in [-0.4, -0.2) is 29.9 Å². The van der Waals surface area contributed by atoms with Crippen LogP contribution in [0.15, 0.2) is 47.0 Å². The number of allylic oxidation sites excluding steroid dienone is 1. The van der Waals surface area contributed by atoms with Gasteiger partial charge in [-0.3, -0.25) is 4.79 Å². The first-order valence-corrected chi connectivity index (χ1v) is 7.54. The zero-order valence-electron chi connectivity index (χ0n) is 12.1. The van der Waals surface area contributed by atoms with E-state index in [-0.39, 0.29) is 12.5 Å². The fourth-order valence-electron chi connectivity index (χ4n) is 2.19. The molecule has 0 unspecified atom stereocenters. The van der Waals surface area contributed by atoms with Gasteiger partial charge in [0, 0.05) is 17.1 Å². The summed E-state index contributed by atoms with van der Waals surface area (Å²) in [5.41, 5.74) is 1.34. The first kappa shape index (κ1) is 15.3. The van der Waals surface area contributed by atoms with Gasteiger partial charge >= 0.3 is 5.97 Å². The molecule has 0 saturated carbocycles. The molecule has 0 radical (unpaired) electrons. The molecule has 1 aromatic rings. The highest BCUT2D eigenvalue weighted by Gasteiger charge is 2.36. The van der Waals surface area contributed by atoms with E-state index < -0.39 is 5.97 Å². The highest BCUT2D eigenvalue weighted by Crippen LogP contribution is 2.32. The minimum absolute atomic E-state index is 0.191. The summed E-state index contributed by atoms with van der Waals surface area (Å²) in [5, 5.41) is 1.92. The molecule has 2 rings (SSSR count). The Hall–Kier alpha value is -2.14.